The highest BCUT2D eigenvalue weighted by Gasteiger charge is 2.23. The van der Waals surface area contributed by atoms with E-state index in [1.807, 2.05) is 14.0 Å². The van der Waals surface area contributed by atoms with Gasteiger partial charge >= 0.3 is 0 Å². The number of rotatable bonds is 5. The van der Waals surface area contributed by atoms with Crippen molar-refractivity contribution in [2.75, 3.05) is 0 Å². The highest BCUT2D eigenvalue weighted by atomic mass is 35.5. The Morgan fingerprint density at radius 2 is 2.14 bits per heavy atom. The Bertz CT molecular complexity index is 665. The van der Waals surface area contributed by atoms with E-state index in [4.69, 9.17) is 27.9 Å². The average molecular weight is 326 g/mol. The monoisotopic (exact) mass is 325 g/mol. The van der Waals surface area contributed by atoms with Gasteiger partial charge in [-0.3, -0.25) is 0 Å². The molecule has 0 amide bonds. The molecule has 2 aromatic rings. The fourth-order valence-electron chi connectivity index (χ4n) is 2.21. The lowest BCUT2D eigenvalue weighted by molar-refractivity contribution is 0.424. The van der Waals surface area contributed by atoms with Gasteiger partial charge in [0.15, 0.2) is 0 Å². The maximum atomic E-state index is 6.17. The minimum Gasteiger partial charge on any atom is -0.437 e. The first kappa shape index (κ1) is 14.7. The molecule has 1 N–H and O–H groups in total. The summed E-state index contributed by atoms with van der Waals surface area (Å²) in [5, 5.41) is 9.00. The topological polar surface area (TPSA) is 39.1 Å². The number of hydrogen-bond acceptors (Lipinski definition) is 3. The summed E-state index contributed by atoms with van der Waals surface area (Å²) in [6, 6.07) is 5.83. The van der Waals surface area contributed by atoms with Crippen LogP contribution in [0.2, 0.25) is 10.0 Å². The zero-order valence-corrected chi connectivity index (χ0v) is 13.5. The van der Waals surface area contributed by atoms with E-state index in [2.05, 4.69) is 10.4 Å². The van der Waals surface area contributed by atoms with Crippen LogP contribution in [0.5, 0.6) is 11.6 Å². The lowest BCUT2D eigenvalue weighted by Gasteiger charge is -2.11. The lowest BCUT2D eigenvalue weighted by Crippen LogP contribution is -2.16. The van der Waals surface area contributed by atoms with Crippen LogP contribution in [0.25, 0.3) is 0 Å². The first-order chi connectivity index (χ1) is 10.0. The Hall–Kier alpha value is -1.23. The van der Waals surface area contributed by atoms with Crippen molar-refractivity contribution in [2.45, 2.75) is 32.4 Å². The van der Waals surface area contributed by atoms with Gasteiger partial charge in [0.2, 0.25) is 5.88 Å². The molecule has 0 atom stereocenters. The molecule has 1 aromatic carbocycles. The minimum absolute atomic E-state index is 0.488. The Labute approximate surface area is 134 Å². The van der Waals surface area contributed by atoms with Gasteiger partial charge in [0.05, 0.1) is 16.3 Å². The van der Waals surface area contributed by atoms with Crippen molar-refractivity contribution in [2.24, 2.45) is 7.05 Å². The van der Waals surface area contributed by atoms with Crippen LogP contribution in [0, 0.1) is 6.92 Å². The summed E-state index contributed by atoms with van der Waals surface area (Å²) in [6.45, 7) is 2.74. The molecular formula is C15H17Cl2N3O. The molecule has 0 aliphatic heterocycles. The van der Waals surface area contributed by atoms with E-state index in [9.17, 15) is 0 Å². The Kier molecular flexibility index (Phi) is 4.11. The number of ether oxygens (including phenoxy) is 1. The van der Waals surface area contributed by atoms with Crippen molar-refractivity contribution in [1.82, 2.24) is 15.1 Å². The first-order valence-electron chi connectivity index (χ1n) is 6.93. The predicted molar refractivity (Wildman–Crippen MR) is 84.3 cm³/mol. The van der Waals surface area contributed by atoms with Crippen LogP contribution in [0.1, 0.15) is 24.1 Å². The van der Waals surface area contributed by atoms with E-state index in [1.54, 1.807) is 22.9 Å². The zero-order valence-electron chi connectivity index (χ0n) is 12.0. The third-order valence-corrected chi connectivity index (χ3v) is 4.06. The third kappa shape index (κ3) is 3.34. The summed E-state index contributed by atoms with van der Waals surface area (Å²) in [5.41, 5.74) is 2.03. The van der Waals surface area contributed by atoms with E-state index in [0.717, 1.165) is 17.8 Å². The van der Waals surface area contributed by atoms with Crippen LogP contribution >= 0.6 is 23.2 Å². The van der Waals surface area contributed by atoms with E-state index in [-0.39, 0.29) is 0 Å². The highest BCUT2D eigenvalue weighted by molar-refractivity contribution is 6.35. The van der Waals surface area contributed by atoms with Crippen LogP contribution in [0.15, 0.2) is 18.2 Å². The molecule has 0 bridgehead atoms. The quantitative estimate of drug-likeness (QED) is 0.900. The summed E-state index contributed by atoms with van der Waals surface area (Å²) in [4.78, 5) is 0. The van der Waals surface area contributed by atoms with Crippen LogP contribution in [-0.4, -0.2) is 15.8 Å². The van der Waals surface area contributed by atoms with Crippen molar-refractivity contribution in [3.05, 3.63) is 39.5 Å². The Morgan fingerprint density at radius 3 is 2.81 bits per heavy atom. The van der Waals surface area contributed by atoms with E-state index in [1.165, 1.54) is 12.8 Å². The van der Waals surface area contributed by atoms with Gasteiger partial charge in [0.1, 0.15) is 5.75 Å². The van der Waals surface area contributed by atoms with Gasteiger partial charge in [-0.25, -0.2) is 4.68 Å². The summed E-state index contributed by atoms with van der Waals surface area (Å²) in [6.07, 6.45) is 2.50. The predicted octanol–water partition coefficient (Wildman–Crippen LogP) is 4.08. The summed E-state index contributed by atoms with van der Waals surface area (Å²) >= 11 is 12.1. The fourth-order valence-corrected chi connectivity index (χ4v) is 2.66. The van der Waals surface area contributed by atoms with E-state index in [0.29, 0.717) is 27.7 Å². The normalized spacial score (nSPS) is 14.5. The molecule has 3 rings (SSSR count). The number of hydrogen-bond donors (Lipinski definition) is 1. The second kappa shape index (κ2) is 5.87. The van der Waals surface area contributed by atoms with Crippen molar-refractivity contribution >= 4 is 23.2 Å². The van der Waals surface area contributed by atoms with Crippen molar-refractivity contribution < 1.29 is 4.74 Å². The fraction of sp³-hybridized carbons (Fsp3) is 0.400. The van der Waals surface area contributed by atoms with Crippen LogP contribution < -0.4 is 10.1 Å². The van der Waals surface area contributed by atoms with E-state index >= 15 is 0 Å². The molecule has 21 heavy (non-hydrogen) atoms. The molecule has 0 spiro atoms. The van der Waals surface area contributed by atoms with Crippen LogP contribution in [0.4, 0.5) is 0 Å². The molecule has 4 nitrogen and oxygen atoms in total. The summed E-state index contributed by atoms with van der Waals surface area (Å²) in [5.74, 6) is 1.29. The number of benzene rings is 1. The number of aryl methyl sites for hydroxylation is 2. The summed E-state index contributed by atoms with van der Waals surface area (Å²) in [7, 11) is 1.87. The van der Waals surface area contributed by atoms with Crippen molar-refractivity contribution in [3.8, 4) is 11.6 Å². The second-order valence-corrected chi connectivity index (χ2v) is 6.17. The molecule has 0 radical (unpaired) electrons. The van der Waals surface area contributed by atoms with Gasteiger partial charge in [-0.2, -0.15) is 5.10 Å². The smallest absolute Gasteiger partial charge is 0.222 e. The SMILES string of the molecule is Cc1nn(C)c(Oc2ccc(Cl)cc2Cl)c1CNC1CC1. The van der Waals surface area contributed by atoms with Gasteiger partial charge in [-0.15, -0.1) is 0 Å². The number of aromatic nitrogens is 2. The standard InChI is InChI=1S/C15H17Cl2N3O/c1-9-12(8-18-11-4-5-11)15(20(2)19-9)21-14-6-3-10(16)7-13(14)17/h3,6-7,11,18H,4-5,8H2,1-2H3. The molecule has 112 valence electrons. The number of nitrogens with zero attached hydrogens (tertiary/aromatic N) is 2. The number of halogens is 2. The molecule has 6 heteroatoms. The maximum absolute atomic E-state index is 6.17. The van der Waals surface area contributed by atoms with Gasteiger partial charge in [-0.1, -0.05) is 23.2 Å². The third-order valence-electron chi connectivity index (χ3n) is 3.53. The van der Waals surface area contributed by atoms with Crippen LogP contribution in [-0.2, 0) is 13.6 Å². The van der Waals surface area contributed by atoms with Gasteiger partial charge in [-0.05, 0) is 38.0 Å². The Morgan fingerprint density at radius 1 is 1.38 bits per heavy atom. The largest absolute Gasteiger partial charge is 0.437 e. The van der Waals surface area contributed by atoms with Gasteiger partial charge < -0.3 is 10.1 Å². The molecule has 1 heterocycles. The average Bonchev–Trinajstić information content (AvgIpc) is 3.19. The Balaban J connectivity index is 1.86. The molecule has 1 fully saturated rings. The molecule has 1 aromatic heterocycles. The number of nitrogens with one attached hydrogen (secondary N) is 1. The lowest BCUT2D eigenvalue weighted by atomic mass is 10.2. The molecular weight excluding hydrogens is 309 g/mol. The second-order valence-electron chi connectivity index (χ2n) is 5.32. The van der Waals surface area contributed by atoms with Crippen LogP contribution in [0.3, 0.4) is 0 Å². The molecule has 1 aliphatic rings. The molecule has 1 saturated carbocycles. The van der Waals surface area contributed by atoms with E-state index < -0.39 is 0 Å². The minimum atomic E-state index is 0.488. The zero-order chi connectivity index (χ0) is 15.0. The molecule has 1 aliphatic carbocycles. The first-order valence-corrected chi connectivity index (χ1v) is 7.69. The maximum Gasteiger partial charge on any atom is 0.222 e. The summed E-state index contributed by atoms with van der Waals surface area (Å²) < 4.78 is 7.71. The molecule has 0 unspecified atom stereocenters. The van der Waals surface area contributed by atoms with Gasteiger partial charge in [0, 0.05) is 24.7 Å². The molecule has 0 saturated heterocycles. The highest BCUT2D eigenvalue weighted by Crippen LogP contribution is 2.34. The van der Waals surface area contributed by atoms with Gasteiger partial charge in [0.25, 0.3) is 0 Å². The van der Waals surface area contributed by atoms with Crippen molar-refractivity contribution in [1.29, 1.82) is 0 Å². The van der Waals surface area contributed by atoms with Crippen molar-refractivity contribution in [3.63, 3.8) is 0 Å².